The normalized spacial score (nSPS) is 11.2. The van der Waals surface area contributed by atoms with Crippen LogP contribution in [0.2, 0.25) is 0 Å². The molecule has 0 aromatic heterocycles. The number of allylic oxidation sites excluding steroid dienone is 2. The van der Waals surface area contributed by atoms with E-state index in [9.17, 15) is 4.79 Å². The number of hydrogen-bond acceptors (Lipinski definition) is 2. The fraction of sp³-hybridized carbons (Fsp3) is 0.250. The molecular weight excluding hydrogens is 176 g/mol. The Morgan fingerprint density at radius 1 is 1.21 bits per heavy atom. The second-order valence-electron chi connectivity index (χ2n) is 3.17. The predicted octanol–water partition coefficient (Wildman–Crippen LogP) is 2.69. The van der Waals surface area contributed by atoms with Gasteiger partial charge in [-0.1, -0.05) is 12.1 Å². The molecule has 0 N–H and O–H groups in total. The lowest BCUT2D eigenvalue weighted by molar-refractivity contribution is -0.112. The van der Waals surface area contributed by atoms with Crippen molar-refractivity contribution >= 4 is 11.4 Å². The Morgan fingerprint density at radius 2 is 1.79 bits per heavy atom. The van der Waals surface area contributed by atoms with E-state index in [1.165, 1.54) is 0 Å². The van der Waals surface area contributed by atoms with E-state index in [0.29, 0.717) is 0 Å². The third-order valence-corrected chi connectivity index (χ3v) is 1.97. The molecule has 0 aliphatic rings. The van der Waals surface area contributed by atoms with Gasteiger partial charge in [0.2, 0.25) is 0 Å². The molecule has 0 atom stereocenters. The lowest BCUT2D eigenvalue weighted by Crippen LogP contribution is -1.87. The molecular formula is C12H14O2. The highest BCUT2D eigenvalue weighted by Crippen LogP contribution is 2.17. The van der Waals surface area contributed by atoms with Gasteiger partial charge in [0.25, 0.3) is 0 Å². The second kappa shape index (κ2) is 4.61. The molecule has 0 spiro atoms. The van der Waals surface area contributed by atoms with Gasteiger partial charge in [0.05, 0.1) is 7.11 Å². The average Bonchev–Trinajstić information content (AvgIpc) is 2.17. The van der Waals surface area contributed by atoms with E-state index in [1.54, 1.807) is 20.1 Å². The van der Waals surface area contributed by atoms with Crippen LogP contribution in [0.25, 0.3) is 5.57 Å². The van der Waals surface area contributed by atoms with Crippen LogP contribution >= 0.6 is 0 Å². The molecule has 2 nitrogen and oxygen atoms in total. The standard InChI is InChI=1S/C12H14O2/c1-9(8-10(2)13)11-4-6-12(14-3)7-5-11/h4-8H,1-3H3/b9-8+. The van der Waals surface area contributed by atoms with Gasteiger partial charge in [0, 0.05) is 0 Å². The van der Waals surface area contributed by atoms with E-state index in [1.807, 2.05) is 31.2 Å². The Kier molecular flexibility index (Phi) is 3.46. The van der Waals surface area contributed by atoms with E-state index in [0.717, 1.165) is 16.9 Å². The molecule has 1 aromatic carbocycles. The van der Waals surface area contributed by atoms with Gasteiger partial charge in [0.15, 0.2) is 5.78 Å². The molecule has 0 aliphatic heterocycles. The Morgan fingerprint density at radius 3 is 2.21 bits per heavy atom. The van der Waals surface area contributed by atoms with Crippen LogP contribution in [-0.4, -0.2) is 12.9 Å². The zero-order valence-corrected chi connectivity index (χ0v) is 8.70. The quantitative estimate of drug-likeness (QED) is 0.685. The Balaban J connectivity index is 2.92. The van der Waals surface area contributed by atoms with Crippen LogP contribution in [0.15, 0.2) is 30.3 Å². The summed E-state index contributed by atoms with van der Waals surface area (Å²) in [6.07, 6.45) is 1.63. The van der Waals surface area contributed by atoms with E-state index in [4.69, 9.17) is 4.74 Å². The van der Waals surface area contributed by atoms with Crippen LogP contribution in [0.4, 0.5) is 0 Å². The summed E-state index contributed by atoms with van der Waals surface area (Å²) in [6.45, 7) is 3.47. The summed E-state index contributed by atoms with van der Waals surface area (Å²) in [5, 5.41) is 0. The van der Waals surface area contributed by atoms with Gasteiger partial charge in [-0.15, -0.1) is 0 Å². The summed E-state index contributed by atoms with van der Waals surface area (Å²) >= 11 is 0. The first-order valence-corrected chi connectivity index (χ1v) is 4.47. The molecule has 0 bridgehead atoms. The van der Waals surface area contributed by atoms with Crippen molar-refractivity contribution in [2.75, 3.05) is 7.11 Å². The summed E-state index contributed by atoms with van der Waals surface area (Å²) in [6, 6.07) is 7.64. The topological polar surface area (TPSA) is 26.3 Å². The van der Waals surface area contributed by atoms with E-state index < -0.39 is 0 Å². The fourth-order valence-corrected chi connectivity index (χ4v) is 1.24. The SMILES string of the molecule is COc1ccc(/C(C)=C/C(C)=O)cc1. The minimum Gasteiger partial charge on any atom is -0.497 e. The van der Waals surface area contributed by atoms with E-state index >= 15 is 0 Å². The van der Waals surface area contributed by atoms with Crippen molar-refractivity contribution in [3.05, 3.63) is 35.9 Å². The number of rotatable bonds is 3. The molecule has 2 heteroatoms. The highest BCUT2D eigenvalue weighted by Gasteiger charge is 1.97. The number of ketones is 1. The van der Waals surface area contributed by atoms with Crippen molar-refractivity contribution < 1.29 is 9.53 Å². The first-order chi connectivity index (χ1) is 6.63. The largest absolute Gasteiger partial charge is 0.497 e. The van der Waals surface area contributed by atoms with Crippen LogP contribution in [0.1, 0.15) is 19.4 Å². The highest BCUT2D eigenvalue weighted by atomic mass is 16.5. The molecule has 0 aliphatic carbocycles. The zero-order valence-electron chi connectivity index (χ0n) is 8.70. The number of methoxy groups -OCH3 is 1. The molecule has 1 rings (SSSR count). The first-order valence-electron chi connectivity index (χ1n) is 4.47. The highest BCUT2D eigenvalue weighted by molar-refractivity contribution is 5.94. The van der Waals surface area contributed by atoms with E-state index in [2.05, 4.69) is 0 Å². The maximum atomic E-state index is 10.8. The Labute approximate surface area is 84.2 Å². The summed E-state index contributed by atoms with van der Waals surface area (Å²) in [7, 11) is 1.63. The van der Waals surface area contributed by atoms with Gasteiger partial charge in [-0.3, -0.25) is 4.79 Å². The van der Waals surface area contributed by atoms with Crippen LogP contribution in [-0.2, 0) is 4.79 Å². The van der Waals surface area contributed by atoms with Crippen LogP contribution in [0, 0.1) is 0 Å². The molecule has 0 fully saturated rings. The number of benzene rings is 1. The summed E-state index contributed by atoms with van der Waals surface area (Å²) in [4.78, 5) is 10.8. The average molecular weight is 190 g/mol. The van der Waals surface area contributed by atoms with Gasteiger partial charge in [-0.2, -0.15) is 0 Å². The Bertz CT molecular complexity index is 347. The van der Waals surface area contributed by atoms with Gasteiger partial charge >= 0.3 is 0 Å². The van der Waals surface area contributed by atoms with Gasteiger partial charge in [-0.05, 0) is 43.2 Å². The maximum absolute atomic E-state index is 10.8. The molecule has 0 heterocycles. The summed E-state index contributed by atoms with van der Waals surface area (Å²) in [5.41, 5.74) is 2.01. The third-order valence-electron chi connectivity index (χ3n) is 1.97. The molecule has 74 valence electrons. The molecule has 0 saturated heterocycles. The molecule has 0 saturated carbocycles. The van der Waals surface area contributed by atoms with Gasteiger partial charge in [0.1, 0.15) is 5.75 Å². The first kappa shape index (κ1) is 10.5. The van der Waals surface area contributed by atoms with Crippen LogP contribution in [0.3, 0.4) is 0 Å². The minimum atomic E-state index is 0.0679. The lowest BCUT2D eigenvalue weighted by Gasteiger charge is -2.02. The molecule has 0 unspecified atom stereocenters. The fourth-order valence-electron chi connectivity index (χ4n) is 1.24. The van der Waals surface area contributed by atoms with Gasteiger partial charge in [-0.25, -0.2) is 0 Å². The van der Waals surface area contributed by atoms with Crippen molar-refractivity contribution in [1.29, 1.82) is 0 Å². The maximum Gasteiger partial charge on any atom is 0.152 e. The van der Waals surface area contributed by atoms with Crippen molar-refractivity contribution in [2.24, 2.45) is 0 Å². The van der Waals surface area contributed by atoms with Crippen molar-refractivity contribution in [2.45, 2.75) is 13.8 Å². The predicted molar refractivity (Wildman–Crippen MR) is 57.3 cm³/mol. The molecule has 0 radical (unpaired) electrons. The lowest BCUT2D eigenvalue weighted by atomic mass is 10.1. The molecule has 14 heavy (non-hydrogen) atoms. The smallest absolute Gasteiger partial charge is 0.152 e. The van der Waals surface area contributed by atoms with Crippen molar-refractivity contribution in [3.63, 3.8) is 0 Å². The minimum absolute atomic E-state index is 0.0679. The molecule has 0 amide bonds. The zero-order chi connectivity index (χ0) is 10.6. The van der Waals surface area contributed by atoms with E-state index in [-0.39, 0.29) is 5.78 Å². The number of ether oxygens (including phenoxy) is 1. The monoisotopic (exact) mass is 190 g/mol. The van der Waals surface area contributed by atoms with Crippen LogP contribution < -0.4 is 4.74 Å². The van der Waals surface area contributed by atoms with Crippen molar-refractivity contribution in [3.8, 4) is 5.75 Å². The van der Waals surface area contributed by atoms with Gasteiger partial charge < -0.3 is 4.74 Å². The number of carbonyl (C=O) groups excluding carboxylic acids is 1. The summed E-state index contributed by atoms with van der Waals surface area (Å²) in [5.74, 6) is 0.891. The number of carbonyl (C=O) groups is 1. The van der Waals surface area contributed by atoms with Crippen molar-refractivity contribution in [1.82, 2.24) is 0 Å². The number of hydrogen-bond donors (Lipinski definition) is 0. The third kappa shape index (κ3) is 2.73. The summed E-state index contributed by atoms with van der Waals surface area (Å²) < 4.78 is 5.04. The van der Waals surface area contributed by atoms with Crippen LogP contribution in [0.5, 0.6) is 5.75 Å². The molecule has 1 aromatic rings. The second-order valence-corrected chi connectivity index (χ2v) is 3.17. The Hall–Kier alpha value is -1.57.